The summed E-state index contributed by atoms with van der Waals surface area (Å²) in [5.74, 6) is 5.29. The molecule has 2 N–H and O–H groups in total. The predicted molar refractivity (Wildman–Crippen MR) is 40.8 cm³/mol. The lowest BCUT2D eigenvalue weighted by atomic mass is 10.3. The number of nitrogens with zero attached hydrogens (tertiary/aromatic N) is 1. The van der Waals surface area contributed by atoms with Crippen LogP contribution in [0.15, 0.2) is 24.3 Å². The number of halogens is 1. The average Bonchev–Trinajstić information content (AvgIpc) is 2.04. The summed E-state index contributed by atoms with van der Waals surface area (Å²) >= 11 is 0. The van der Waals surface area contributed by atoms with E-state index in [1.54, 1.807) is 18.2 Å². The Labute approximate surface area is 64.1 Å². The van der Waals surface area contributed by atoms with E-state index in [1.165, 1.54) is 13.2 Å². The van der Waals surface area contributed by atoms with Crippen molar-refractivity contribution in [3.05, 3.63) is 24.3 Å². The lowest BCUT2D eigenvalue weighted by Crippen LogP contribution is -2.20. The Morgan fingerprint density at radius 1 is 1.45 bits per heavy atom. The van der Waals surface area contributed by atoms with E-state index in [4.69, 9.17) is 10.6 Å². The van der Waals surface area contributed by atoms with E-state index >= 15 is 0 Å². The Kier molecular flexibility index (Phi) is 2.28. The highest BCUT2D eigenvalue weighted by Gasteiger charge is 2.05. The highest BCUT2D eigenvalue weighted by Crippen LogP contribution is 2.25. The Hall–Kier alpha value is -1.29. The summed E-state index contributed by atoms with van der Waals surface area (Å²) in [5, 5.41) is 0.0266. The predicted octanol–water partition coefficient (Wildman–Crippen LogP) is 1.26. The fourth-order valence-corrected chi connectivity index (χ4v) is 0.806. The Morgan fingerprint density at radius 2 is 2.09 bits per heavy atom. The molecule has 0 amide bonds. The van der Waals surface area contributed by atoms with Gasteiger partial charge in [0.25, 0.3) is 0 Å². The number of rotatable bonds is 2. The summed E-state index contributed by atoms with van der Waals surface area (Å²) in [5.41, 5.74) is 0.218. The summed E-state index contributed by atoms with van der Waals surface area (Å²) in [7, 11) is 1.46. The fourth-order valence-electron chi connectivity index (χ4n) is 0.806. The van der Waals surface area contributed by atoms with Gasteiger partial charge in [-0.1, -0.05) is 16.6 Å². The first kappa shape index (κ1) is 7.81. The minimum atomic E-state index is 0.0266. The van der Waals surface area contributed by atoms with Crippen molar-refractivity contribution in [1.29, 1.82) is 0 Å². The van der Waals surface area contributed by atoms with Crippen LogP contribution in [0.25, 0.3) is 0 Å². The monoisotopic (exact) mass is 156 g/mol. The molecule has 1 rings (SSSR count). The van der Waals surface area contributed by atoms with Crippen molar-refractivity contribution in [1.82, 2.24) is 0 Å². The number of nitrogens with two attached hydrogens (primary N) is 1. The van der Waals surface area contributed by atoms with Crippen LogP contribution in [0.2, 0.25) is 0 Å². The van der Waals surface area contributed by atoms with Gasteiger partial charge in [0.1, 0.15) is 11.4 Å². The zero-order chi connectivity index (χ0) is 8.27. The van der Waals surface area contributed by atoms with Gasteiger partial charge < -0.3 is 4.74 Å². The standard InChI is InChI=1S/C7H9FN2O/c1-11-7-5-3-2-4-6(7)10(8)9/h2-5H,9H2,1H3. The first-order valence-corrected chi connectivity index (χ1v) is 3.09. The molecule has 1 aromatic carbocycles. The van der Waals surface area contributed by atoms with Crippen LogP contribution in [0, 0.1) is 0 Å². The lowest BCUT2D eigenvalue weighted by molar-refractivity contribution is 0.393. The van der Waals surface area contributed by atoms with E-state index < -0.39 is 0 Å². The highest BCUT2D eigenvalue weighted by molar-refractivity contribution is 5.55. The zero-order valence-electron chi connectivity index (χ0n) is 6.12. The second kappa shape index (κ2) is 3.21. The molecule has 0 bridgehead atoms. The molecule has 3 nitrogen and oxygen atoms in total. The van der Waals surface area contributed by atoms with E-state index in [2.05, 4.69) is 0 Å². The minimum Gasteiger partial charge on any atom is -0.494 e. The second-order valence-corrected chi connectivity index (χ2v) is 1.98. The van der Waals surface area contributed by atoms with Gasteiger partial charge in [0.2, 0.25) is 0 Å². The van der Waals surface area contributed by atoms with Gasteiger partial charge in [-0.2, -0.15) is 0 Å². The Balaban J connectivity index is 3.02. The smallest absolute Gasteiger partial charge is 0.146 e. The van der Waals surface area contributed by atoms with Crippen LogP contribution in [-0.4, -0.2) is 7.11 Å². The van der Waals surface area contributed by atoms with E-state index in [0.717, 1.165) is 0 Å². The molecule has 0 fully saturated rings. The second-order valence-electron chi connectivity index (χ2n) is 1.98. The van der Waals surface area contributed by atoms with Crippen LogP contribution in [0.5, 0.6) is 5.75 Å². The van der Waals surface area contributed by atoms with E-state index in [1.807, 2.05) is 0 Å². The van der Waals surface area contributed by atoms with E-state index in [0.29, 0.717) is 5.75 Å². The Bertz CT molecular complexity index is 240. The third-order valence-electron chi connectivity index (χ3n) is 1.32. The number of methoxy groups -OCH3 is 1. The van der Waals surface area contributed by atoms with Gasteiger partial charge in [-0.3, -0.25) is 0 Å². The third-order valence-corrected chi connectivity index (χ3v) is 1.32. The number of anilines is 1. The molecule has 0 aliphatic rings. The molecule has 60 valence electrons. The number of ether oxygens (including phenoxy) is 1. The van der Waals surface area contributed by atoms with Gasteiger partial charge in [0.15, 0.2) is 0 Å². The molecule has 0 unspecified atom stereocenters. The van der Waals surface area contributed by atoms with Gasteiger partial charge in [-0.15, -0.1) is 5.23 Å². The largest absolute Gasteiger partial charge is 0.494 e. The first-order valence-electron chi connectivity index (χ1n) is 3.09. The van der Waals surface area contributed by atoms with Crippen LogP contribution < -0.4 is 15.8 Å². The van der Waals surface area contributed by atoms with Crippen molar-refractivity contribution >= 4 is 5.69 Å². The molecule has 4 heteroatoms. The molecular weight excluding hydrogens is 147 g/mol. The van der Waals surface area contributed by atoms with Crippen LogP contribution in [0.3, 0.4) is 0 Å². The van der Waals surface area contributed by atoms with Crippen molar-refractivity contribution in [3.63, 3.8) is 0 Å². The molecule has 0 saturated heterocycles. The molecule has 0 aliphatic heterocycles. The van der Waals surface area contributed by atoms with Crippen molar-refractivity contribution in [2.75, 3.05) is 12.3 Å². The van der Waals surface area contributed by atoms with E-state index in [-0.39, 0.29) is 10.9 Å². The van der Waals surface area contributed by atoms with Gasteiger partial charge in [0, 0.05) is 0 Å². The van der Waals surface area contributed by atoms with Crippen LogP contribution in [0.4, 0.5) is 10.2 Å². The van der Waals surface area contributed by atoms with Crippen molar-refractivity contribution in [3.8, 4) is 5.75 Å². The molecule has 0 radical (unpaired) electrons. The normalized spacial score (nSPS) is 9.36. The summed E-state index contributed by atoms with van der Waals surface area (Å²) < 4.78 is 17.3. The van der Waals surface area contributed by atoms with Gasteiger partial charge in [-0.25, -0.2) is 5.84 Å². The molecule has 1 aromatic rings. The molecule has 0 aliphatic carbocycles. The van der Waals surface area contributed by atoms with Gasteiger partial charge >= 0.3 is 0 Å². The maximum Gasteiger partial charge on any atom is 0.146 e. The van der Waals surface area contributed by atoms with Crippen LogP contribution >= 0.6 is 0 Å². The maximum atomic E-state index is 12.4. The molecule has 0 aromatic heterocycles. The molecule has 0 saturated carbocycles. The SMILES string of the molecule is COc1ccccc1N(N)F. The van der Waals surface area contributed by atoms with Crippen molar-refractivity contribution < 1.29 is 9.22 Å². The number of hydrogen-bond acceptors (Lipinski definition) is 3. The van der Waals surface area contributed by atoms with Crippen LogP contribution in [-0.2, 0) is 0 Å². The summed E-state index contributed by atoms with van der Waals surface area (Å²) in [6.45, 7) is 0. The summed E-state index contributed by atoms with van der Waals surface area (Å²) in [4.78, 5) is 0. The maximum absolute atomic E-state index is 12.4. The highest BCUT2D eigenvalue weighted by atomic mass is 19.2. The lowest BCUT2D eigenvalue weighted by Gasteiger charge is -2.10. The van der Waals surface area contributed by atoms with E-state index in [9.17, 15) is 4.48 Å². The number of benzene rings is 1. The molecule has 11 heavy (non-hydrogen) atoms. The van der Waals surface area contributed by atoms with Crippen molar-refractivity contribution in [2.45, 2.75) is 0 Å². The molecule has 0 atom stereocenters. The van der Waals surface area contributed by atoms with Crippen LogP contribution in [0.1, 0.15) is 0 Å². The topological polar surface area (TPSA) is 38.5 Å². The zero-order valence-corrected chi connectivity index (χ0v) is 6.12. The number of para-hydroxylation sites is 2. The molecule has 0 heterocycles. The average molecular weight is 156 g/mol. The number of hydrogen-bond donors (Lipinski definition) is 1. The first-order chi connectivity index (χ1) is 5.25. The minimum absolute atomic E-state index is 0.0266. The summed E-state index contributed by atoms with van der Waals surface area (Å²) in [6, 6.07) is 6.58. The molecular formula is C7H9FN2O. The molecule has 0 spiro atoms. The van der Waals surface area contributed by atoms with Gasteiger partial charge in [0.05, 0.1) is 7.11 Å². The van der Waals surface area contributed by atoms with Crippen molar-refractivity contribution in [2.24, 2.45) is 5.84 Å². The van der Waals surface area contributed by atoms with Gasteiger partial charge in [-0.05, 0) is 12.1 Å². The quantitative estimate of drug-likeness (QED) is 0.398. The third kappa shape index (κ3) is 1.59. The Morgan fingerprint density at radius 3 is 2.55 bits per heavy atom. The number of hydrazine groups is 1. The fraction of sp³-hybridized carbons (Fsp3) is 0.143. The summed E-state index contributed by atoms with van der Waals surface area (Å²) in [6.07, 6.45) is 0.